The highest BCUT2D eigenvalue weighted by atomic mass is 31.1. The van der Waals surface area contributed by atoms with Crippen LogP contribution in [0.5, 0.6) is 0 Å². The summed E-state index contributed by atoms with van der Waals surface area (Å²) in [5, 5.41) is 4.20. The van der Waals surface area contributed by atoms with Gasteiger partial charge in [0, 0.05) is 6.04 Å². The van der Waals surface area contributed by atoms with E-state index in [1.165, 1.54) is 21.5 Å². The van der Waals surface area contributed by atoms with Crippen LogP contribution < -0.4 is 16.3 Å². The molecule has 1 atom stereocenters. The molecule has 0 saturated heterocycles. The van der Waals surface area contributed by atoms with Crippen LogP contribution in [0.25, 0.3) is 0 Å². The van der Waals surface area contributed by atoms with E-state index in [2.05, 4.69) is 79.7 Å². The van der Waals surface area contributed by atoms with E-state index in [1.807, 2.05) is 0 Å². The van der Waals surface area contributed by atoms with Gasteiger partial charge in [-0.05, 0) is 42.8 Å². The van der Waals surface area contributed by atoms with E-state index in [-0.39, 0.29) is 6.04 Å². The van der Waals surface area contributed by atoms with Crippen molar-refractivity contribution in [2.75, 3.05) is 0 Å². The maximum absolute atomic E-state index is 6.19. The van der Waals surface area contributed by atoms with Gasteiger partial charge < -0.3 is 5.73 Å². The Bertz CT molecular complexity index is 617. The molecule has 0 saturated carbocycles. The van der Waals surface area contributed by atoms with Crippen LogP contribution >= 0.6 is 7.92 Å². The van der Waals surface area contributed by atoms with Crippen molar-refractivity contribution >= 4 is 18.5 Å². The van der Waals surface area contributed by atoms with Gasteiger partial charge in [0.1, 0.15) is 0 Å². The maximum atomic E-state index is 6.19. The highest BCUT2D eigenvalue weighted by molar-refractivity contribution is 7.77. The third-order valence-corrected chi connectivity index (χ3v) is 6.31. The second-order valence-electron chi connectivity index (χ2n) is 5.31. The Morgan fingerprint density at radius 2 is 1.43 bits per heavy atom. The molecule has 1 nitrogen and oxygen atoms in total. The Kier molecular flexibility index (Phi) is 4.34. The molecule has 21 heavy (non-hydrogen) atoms. The average Bonchev–Trinajstić information content (AvgIpc) is 2.99. The Morgan fingerprint density at radius 3 is 1.90 bits per heavy atom. The Labute approximate surface area is 127 Å². The van der Waals surface area contributed by atoms with E-state index >= 15 is 0 Å². The summed E-state index contributed by atoms with van der Waals surface area (Å²) in [5.41, 5.74) is 7.58. The summed E-state index contributed by atoms with van der Waals surface area (Å²) in [7, 11) is -0.511. The largest absolute Gasteiger partial charge is 0.324 e. The van der Waals surface area contributed by atoms with Crippen LogP contribution in [-0.4, -0.2) is 6.04 Å². The third kappa shape index (κ3) is 3.00. The van der Waals surface area contributed by atoms with E-state index in [9.17, 15) is 0 Å². The van der Waals surface area contributed by atoms with Gasteiger partial charge in [-0.1, -0.05) is 72.8 Å². The Morgan fingerprint density at radius 1 is 0.905 bits per heavy atom. The van der Waals surface area contributed by atoms with Crippen molar-refractivity contribution in [1.29, 1.82) is 0 Å². The van der Waals surface area contributed by atoms with Gasteiger partial charge in [0.15, 0.2) is 0 Å². The van der Waals surface area contributed by atoms with Crippen LogP contribution in [0, 0.1) is 0 Å². The van der Waals surface area contributed by atoms with Crippen LogP contribution in [0.1, 0.15) is 13.3 Å². The predicted molar refractivity (Wildman–Crippen MR) is 93.5 cm³/mol. The molecule has 0 radical (unpaired) electrons. The van der Waals surface area contributed by atoms with Crippen molar-refractivity contribution in [1.82, 2.24) is 0 Å². The predicted octanol–water partition coefficient (Wildman–Crippen LogP) is 3.68. The number of hydrogen-bond acceptors (Lipinski definition) is 1. The first kappa shape index (κ1) is 14.3. The molecule has 0 aliphatic heterocycles. The lowest BCUT2D eigenvalue weighted by molar-refractivity contribution is 0.839. The maximum Gasteiger partial charge on any atom is 0.0237 e. The Balaban J connectivity index is 2.14. The molecule has 0 unspecified atom stereocenters. The molecule has 106 valence electrons. The standard InChI is InChI=1S/C19H20NP/c1-15(20)18-13-8-14-19(18)21(16-9-4-2-5-10-16)17-11-6-3-7-12-17/h2-12,14-15H,13,20H2,1H3/t15-/m1/s1. The van der Waals surface area contributed by atoms with E-state index in [0.717, 1.165) is 6.42 Å². The zero-order valence-electron chi connectivity index (χ0n) is 12.2. The van der Waals surface area contributed by atoms with Crippen LogP contribution in [0.4, 0.5) is 0 Å². The zero-order valence-corrected chi connectivity index (χ0v) is 13.1. The van der Waals surface area contributed by atoms with Gasteiger partial charge >= 0.3 is 0 Å². The van der Waals surface area contributed by atoms with E-state index in [4.69, 9.17) is 5.73 Å². The second-order valence-corrected chi connectivity index (χ2v) is 7.50. The lowest BCUT2D eigenvalue weighted by Crippen LogP contribution is -2.20. The van der Waals surface area contributed by atoms with Gasteiger partial charge in [-0.2, -0.15) is 0 Å². The van der Waals surface area contributed by atoms with E-state index in [0.29, 0.717) is 0 Å². The Hall–Kier alpha value is -1.69. The molecular formula is C19H20NP. The minimum absolute atomic E-state index is 0.118. The zero-order chi connectivity index (χ0) is 14.7. The quantitative estimate of drug-likeness (QED) is 0.855. The molecule has 0 spiro atoms. The van der Waals surface area contributed by atoms with Crippen LogP contribution in [0.3, 0.4) is 0 Å². The smallest absolute Gasteiger partial charge is 0.0237 e. The molecule has 0 fully saturated rings. The number of benzene rings is 2. The summed E-state index contributed by atoms with van der Waals surface area (Å²) in [6.07, 6.45) is 5.52. The molecule has 1 aliphatic rings. The van der Waals surface area contributed by atoms with E-state index < -0.39 is 7.92 Å². The summed E-state index contributed by atoms with van der Waals surface area (Å²) in [6, 6.07) is 21.7. The molecular weight excluding hydrogens is 273 g/mol. The van der Waals surface area contributed by atoms with Crippen LogP contribution in [0.15, 0.2) is 83.7 Å². The van der Waals surface area contributed by atoms with Gasteiger partial charge in [-0.15, -0.1) is 0 Å². The SMILES string of the molecule is C[C@@H](N)C1=C(P(c2ccccc2)c2ccccc2)C=CC1. The molecule has 1 aliphatic carbocycles. The van der Waals surface area contributed by atoms with Crippen molar-refractivity contribution in [3.63, 3.8) is 0 Å². The number of hydrogen-bond donors (Lipinski definition) is 1. The summed E-state index contributed by atoms with van der Waals surface area (Å²) in [4.78, 5) is 0. The molecule has 2 aromatic carbocycles. The highest BCUT2D eigenvalue weighted by Crippen LogP contribution is 2.48. The van der Waals surface area contributed by atoms with Crippen molar-refractivity contribution in [2.24, 2.45) is 5.73 Å². The van der Waals surface area contributed by atoms with Gasteiger partial charge in [-0.25, -0.2) is 0 Å². The first-order valence-corrected chi connectivity index (χ1v) is 8.67. The third-order valence-electron chi connectivity index (χ3n) is 3.76. The van der Waals surface area contributed by atoms with Gasteiger partial charge in [0.2, 0.25) is 0 Å². The minimum atomic E-state index is -0.511. The van der Waals surface area contributed by atoms with Crippen molar-refractivity contribution in [3.05, 3.63) is 83.7 Å². The van der Waals surface area contributed by atoms with Gasteiger partial charge in [0.25, 0.3) is 0 Å². The lowest BCUT2D eigenvalue weighted by atomic mass is 10.1. The summed E-state index contributed by atoms with van der Waals surface area (Å²) < 4.78 is 0. The van der Waals surface area contributed by atoms with Gasteiger partial charge in [-0.3, -0.25) is 0 Å². The first-order valence-electron chi connectivity index (χ1n) is 7.33. The molecule has 0 amide bonds. The fourth-order valence-corrected chi connectivity index (χ4v) is 5.36. The second kappa shape index (κ2) is 6.39. The monoisotopic (exact) mass is 293 g/mol. The summed E-state index contributed by atoms with van der Waals surface area (Å²) in [5.74, 6) is 0. The molecule has 0 bridgehead atoms. The molecule has 2 N–H and O–H groups in total. The van der Waals surface area contributed by atoms with Crippen molar-refractivity contribution < 1.29 is 0 Å². The average molecular weight is 293 g/mol. The van der Waals surface area contributed by atoms with Gasteiger partial charge in [0.05, 0.1) is 0 Å². The molecule has 2 aromatic rings. The van der Waals surface area contributed by atoms with Crippen molar-refractivity contribution in [3.8, 4) is 0 Å². The molecule has 0 aromatic heterocycles. The summed E-state index contributed by atoms with van der Waals surface area (Å²) >= 11 is 0. The topological polar surface area (TPSA) is 26.0 Å². The van der Waals surface area contributed by atoms with E-state index in [1.54, 1.807) is 0 Å². The number of allylic oxidation sites excluding steroid dienone is 3. The lowest BCUT2D eigenvalue weighted by Gasteiger charge is -2.22. The normalized spacial score (nSPS) is 15.8. The fraction of sp³-hybridized carbons (Fsp3) is 0.158. The molecule has 3 rings (SSSR count). The number of nitrogens with two attached hydrogens (primary N) is 1. The number of rotatable bonds is 4. The van der Waals surface area contributed by atoms with Crippen LogP contribution in [-0.2, 0) is 0 Å². The fourth-order valence-electron chi connectivity index (χ4n) is 2.73. The highest BCUT2D eigenvalue weighted by Gasteiger charge is 2.23. The van der Waals surface area contributed by atoms with Crippen molar-refractivity contribution in [2.45, 2.75) is 19.4 Å². The van der Waals surface area contributed by atoms with Crippen LogP contribution in [0.2, 0.25) is 0 Å². The first-order chi connectivity index (χ1) is 10.3. The molecule has 0 heterocycles. The minimum Gasteiger partial charge on any atom is -0.324 e. The summed E-state index contributed by atoms with van der Waals surface area (Å²) in [6.45, 7) is 2.09. The molecule has 2 heteroatoms.